The summed E-state index contributed by atoms with van der Waals surface area (Å²) in [5, 5.41) is 0.715. The molecule has 1 aliphatic heterocycles. The molecule has 0 N–H and O–H groups in total. The van der Waals surface area contributed by atoms with Gasteiger partial charge in [-0.1, -0.05) is 60.1 Å². The number of nitrogens with zero attached hydrogens (tertiary/aromatic N) is 4. The number of hydrogen-bond donors (Lipinski definition) is 0. The number of fused-ring (bicyclic) bond motifs is 1. The number of piperazine rings is 1. The normalized spacial score (nSPS) is 14.3. The molecule has 0 aliphatic carbocycles. The second-order valence-electron chi connectivity index (χ2n) is 10.1. The summed E-state index contributed by atoms with van der Waals surface area (Å²) in [5.74, 6) is 1.77. The van der Waals surface area contributed by atoms with E-state index in [1.54, 1.807) is 0 Å². The van der Waals surface area contributed by atoms with E-state index < -0.39 is 0 Å². The standard InChI is InChI=1S/C33H31ClN4O2/c1-24(40-29-10-6-3-7-11-29)32-35-30-17-16-28(22-31(30)38(32)23-25-12-14-27(34)15-13-25)36-18-20-37(21-19-36)33(39)26-8-4-2-5-9-26/h2-17,22,24H,18-21,23H2,1H3. The highest BCUT2D eigenvalue weighted by molar-refractivity contribution is 6.30. The predicted octanol–water partition coefficient (Wildman–Crippen LogP) is 6.84. The fourth-order valence-electron chi connectivity index (χ4n) is 5.26. The molecule has 6 rings (SSSR count). The summed E-state index contributed by atoms with van der Waals surface area (Å²) in [4.78, 5) is 22.2. The van der Waals surface area contributed by atoms with Crippen LogP contribution in [-0.4, -0.2) is 46.5 Å². The highest BCUT2D eigenvalue weighted by Crippen LogP contribution is 2.30. The van der Waals surface area contributed by atoms with E-state index in [1.165, 1.54) is 0 Å². The molecule has 1 unspecified atom stereocenters. The van der Waals surface area contributed by atoms with Crippen molar-refractivity contribution in [2.45, 2.75) is 19.6 Å². The smallest absolute Gasteiger partial charge is 0.253 e. The van der Waals surface area contributed by atoms with Gasteiger partial charge in [-0.15, -0.1) is 0 Å². The molecule has 0 bridgehead atoms. The van der Waals surface area contributed by atoms with Crippen molar-refractivity contribution in [3.63, 3.8) is 0 Å². The van der Waals surface area contributed by atoms with Crippen molar-refractivity contribution in [3.8, 4) is 5.75 Å². The summed E-state index contributed by atoms with van der Waals surface area (Å²) in [5.41, 5.74) is 4.97. The number of carbonyl (C=O) groups excluding carboxylic acids is 1. The molecule has 202 valence electrons. The van der Waals surface area contributed by atoms with E-state index in [-0.39, 0.29) is 12.0 Å². The van der Waals surface area contributed by atoms with Gasteiger partial charge in [0.2, 0.25) is 0 Å². The number of carbonyl (C=O) groups is 1. The Morgan fingerprint density at radius 2 is 1.55 bits per heavy atom. The fraction of sp³-hybridized carbons (Fsp3) is 0.212. The largest absolute Gasteiger partial charge is 0.483 e. The Balaban J connectivity index is 1.28. The average Bonchev–Trinajstić information content (AvgIpc) is 3.36. The van der Waals surface area contributed by atoms with Crippen LogP contribution in [0.5, 0.6) is 5.75 Å². The predicted molar refractivity (Wildman–Crippen MR) is 160 cm³/mol. The van der Waals surface area contributed by atoms with Crippen LogP contribution in [0.3, 0.4) is 0 Å². The summed E-state index contributed by atoms with van der Waals surface area (Å²) >= 11 is 6.16. The van der Waals surface area contributed by atoms with Crippen molar-refractivity contribution in [2.24, 2.45) is 0 Å². The third-order valence-electron chi connectivity index (χ3n) is 7.39. The lowest BCUT2D eigenvalue weighted by Crippen LogP contribution is -2.48. The molecule has 0 saturated carbocycles. The molecule has 2 heterocycles. The molecule has 4 aromatic carbocycles. The number of anilines is 1. The van der Waals surface area contributed by atoms with Gasteiger partial charge in [-0.05, 0) is 67.1 Å². The van der Waals surface area contributed by atoms with Crippen LogP contribution in [0.15, 0.2) is 103 Å². The van der Waals surface area contributed by atoms with Gasteiger partial charge in [0.1, 0.15) is 5.75 Å². The van der Waals surface area contributed by atoms with Gasteiger partial charge in [-0.3, -0.25) is 4.79 Å². The Labute approximate surface area is 239 Å². The number of imidazole rings is 1. The third-order valence-corrected chi connectivity index (χ3v) is 7.64. The molecule has 40 heavy (non-hydrogen) atoms. The molecule has 1 aliphatic rings. The zero-order chi connectivity index (χ0) is 27.5. The third kappa shape index (κ3) is 5.54. The van der Waals surface area contributed by atoms with Crippen LogP contribution in [0.4, 0.5) is 5.69 Å². The van der Waals surface area contributed by atoms with Gasteiger partial charge in [-0.2, -0.15) is 0 Å². The fourth-order valence-corrected chi connectivity index (χ4v) is 5.39. The topological polar surface area (TPSA) is 50.6 Å². The minimum Gasteiger partial charge on any atom is -0.483 e. The Bertz CT molecular complexity index is 1590. The molecule has 0 spiro atoms. The van der Waals surface area contributed by atoms with Crippen LogP contribution in [-0.2, 0) is 6.54 Å². The van der Waals surface area contributed by atoms with Crippen molar-refractivity contribution < 1.29 is 9.53 Å². The Kier molecular flexibility index (Phi) is 7.43. The van der Waals surface area contributed by atoms with Gasteiger partial charge >= 0.3 is 0 Å². The van der Waals surface area contributed by atoms with Crippen LogP contribution in [0, 0.1) is 0 Å². The molecule has 1 atom stereocenters. The van der Waals surface area contributed by atoms with Gasteiger partial charge in [-0.25, -0.2) is 4.98 Å². The number of hydrogen-bond acceptors (Lipinski definition) is 4. The molecule has 1 amide bonds. The van der Waals surface area contributed by atoms with Crippen LogP contribution < -0.4 is 9.64 Å². The summed E-state index contributed by atoms with van der Waals surface area (Å²) in [6.45, 7) is 5.60. The van der Waals surface area contributed by atoms with Gasteiger partial charge in [0.15, 0.2) is 11.9 Å². The van der Waals surface area contributed by atoms with Gasteiger partial charge < -0.3 is 19.1 Å². The second kappa shape index (κ2) is 11.4. The van der Waals surface area contributed by atoms with Crippen molar-refractivity contribution >= 4 is 34.2 Å². The van der Waals surface area contributed by atoms with E-state index in [0.717, 1.165) is 52.5 Å². The van der Waals surface area contributed by atoms with E-state index in [0.29, 0.717) is 24.7 Å². The molecule has 1 fully saturated rings. The highest BCUT2D eigenvalue weighted by Gasteiger charge is 2.24. The van der Waals surface area contributed by atoms with Crippen molar-refractivity contribution in [1.29, 1.82) is 0 Å². The lowest BCUT2D eigenvalue weighted by molar-refractivity contribution is 0.0747. The van der Waals surface area contributed by atoms with Gasteiger partial charge in [0, 0.05) is 49.0 Å². The quantitative estimate of drug-likeness (QED) is 0.223. The zero-order valence-electron chi connectivity index (χ0n) is 22.4. The first kappa shape index (κ1) is 26.0. The lowest BCUT2D eigenvalue weighted by atomic mass is 10.1. The molecule has 6 nitrogen and oxygen atoms in total. The monoisotopic (exact) mass is 550 g/mol. The van der Waals surface area contributed by atoms with Crippen molar-refractivity contribution in [3.05, 3.63) is 125 Å². The second-order valence-corrected chi connectivity index (χ2v) is 10.5. The first-order chi connectivity index (χ1) is 19.5. The average molecular weight is 551 g/mol. The maximum atomic E-state index is 12.9. The van der Waals surface area contributed by atoms with Gasteiger partial charge in [0.25, 0.3) is 5.91 Å². The van der Waals surface area contributed by atoms with Gasteiger partial charge in [0.05, 0.1) is 11.0 Å². The van der Waals surface area contributed by atoms with E-state index in [4.69, 9.17) is 21.3 Å². The van der Waals surface area contributed by atoms with Crippen LogP contribution in [0.25, 0.3) is 11.0 Å². The van der Waals surface area contributed by atoms with Crippen LogP contribution in [0.1, 0.15) is 34.8 Å². The zero-order valence-corrected chi connectivity index (χ0v) is 23.2. The molecular weight excluding hydrogens is 520 g/mol. The molecule has 0 radical (unpaired) electrons. The highest BCUT2D eigenvalue weighted by atomic mass is 35.5. The maximum Gasteiger partial charge on any atom is 0.253 e. The van der Waals surface area contributed by atoms with Crippen molar-refractivity contribution in [2.75, 3.05) is 31.1 Å². The number of benzene rings is 4. The van der Waals surface area contributed by atoms with E-state index in [9.17, 15) is 4.79 Å². The molecule has 5 aromatic rings. The summed E-state index contributed by atoms with van der Waals surface area (Å²) in [6.07, 6.45) is -0.252. The first-order valence-corrected chi connectivity index (χ1v) is 14.0. The summed E-state index contributed by atoms with van der Waals surface area (Å²) in [7, 11) is 0. The summed E-state index contributed by atoms with van der Waals surface area (Å²) in [6, 6.07) is 33.7. The Hall–Kier alpha value is -4.29. The Morgan fingerprint density at radius 1 is 0.875 bits per heavy atom. The van der Waals surface area contributed by atoms with Crippen LogP contribution in [0.2, 0.25) is 5.02 Å². The van der Waals surface area contributed by atoms with Crippen molar-refractivity contribution in [1.82, 2.24) is 14.5 Å². The summed E-state index contributed by atoms with van der Waals surface area (Å²) < 4.78 is 8.53. The number of halogens is 1. The Morgan fingerprint density at radius 3 is 2.25 bits per heavy atom. The SMILES string of the molecule is CC(Oc1ccccc1)c1nc2ccc(N3CCN(C(=O)c4ccccc4)CC3)cc2n1Cc1ccc(Cl)cc1. The first-order valence-electron chi connectivity index (χ1n) is 13.6. The van der Waals surface area contributed by atoms with E-state index in [1.807, 2.05) is 96.8 Å². The van der Waals surface area contributed by atoms with E-state index >= 15 is 0 Å². The maximum absolute atomic E-state index is 12.9. The number of rotatable bonds is 7. The van der Waals surface area contributed by atoms with Crippen LogP contribution >= 0.6 is 11.6 Å². The van der Waals surface area contributed by atoms with E-state index in [2.05, 4.69) is 27.7 Å². The molecule has 7 heteroatoms. The minimum absolute atomic E-state index is 0.0915. The number of para-hydroxylation sites is 1. The minimum atomic E-state index is -0.252. The lowest BCUT2D eigenvalue weighted by Gasteiger charge is -2.36. The number of aromatic nitrogens is 2. The number of amides is 1. The number of ether oxygens (including phenoxy) is 1. The molecule has 1 saturated heterocycles. The molecular formula is C33H31ClN4O2. The molecule has 1 aromatic heterocycles.